The molecule has 2 atom stereocenters. The molecule has 0 radical (unpaired) electrons. The second kappa shape index (κ2) is 6.94. The summed E-state index contributed by atoms with van der Waals surface area (Å²) in [5, 5.41) is 0. The summed E-state index contributed by atoms with van der Waals surface area (Å²) in [6.07, 6.45) is 1.63. The molecule has 4 heteroatoms. The van der Waals surface area contributed by atoms with Gasteiger partial charge in [0.15, 0.2) is 11.5 Å². The number of ketones is 1. The van der Waals surface area contributed by atoms with Crippen molar-refractivity contribution in [2.75, 3.05) is 27.3 Å². The molecule has 1 saturated heterocycles. The third-order valence-corrected chi connectivity index (χ3v) is 4.59. The van der Waals surface area contributed by atoms with E-state index in [1.165, 1.54) is 5.56 Å². The number of methoxy groups -OCH3 is 2. The van der Waals surface area contributed by atoms with Crippen molar-refractivity contribution in [2.24, 2.45) is 5.92 Å². The summed E-state index contributed by atoms with van der Waals surface area (Å²) in [7, 11) is 3.30. The number of piperidine rings is 1. The van der Waals surface area contributed by atoms with E-state index in [2.05, 4.69) is 17.9 Å². The molecule has 1 aromatic rings. The number of benzene rings is 1. The number of carbonyl (C=O) groups is 1. The molecule has 0 spiro atoms. The van der Waals surface area contributed by atoms with Gasteiger partial charge in [-0.25, -0.2) is 0 Å². The van der Waals surface area contributed by atoms with Gasteiger partial charge in [0, 0.05) is 31.5 Å². The second-order valence-electron chi connectivity index (χ2n) is 5.72. The van der Waals surface area contributed by atoms with Crippen molar-refractivity contribution in [3.63, 3.8) is 0 Å². The van der Waals surface area contributed by atoms with Gasteiger partial charge < -0.3 is 9.47 Å². The molecule has 1 fully saturated rings. The van der Waals surface area contributed by atoms with Crippen LogP contribution in [0.4, 0.5) is 0 Å². The lowest BCUT2D eigenvalue weighted by atomic mass is 9.90. The van der Waals surface area contributed by atoms with Crippen LogP contribution in [-0.2, 0) is 11.2 Å². The van der Waals surface area contributed by atoms with Crippen LogP contribution in [0, 0.1) is 5.92 Å². The molecule has 0 aromatic heterocycles. The number of hydrogen-bond donors (Lipinski definition) is 0. The molecule has 1 heterocycles. The standard InChI is InChI=1S/C17H25NO3/c1-12-13(2)18(10-8-15(12)19)9-7-14-5-6-16(20-3)17(11-14)21-4/h5-6,11-13H,7-10H2,1-4H3. The Morgan fingerprint density at radius 1 is 1.19 bits per heavy atom. The highest BCUT2D eigenvalue weighted by atomic mass is 16.5. The summed E-state index contributed by atoms with van der Waals surface area (Å²) in [4.78, 5) is 14.1. The second-order valence-corrected chi connectivity index (χ2v) is 5.72. The Morgan fingerprint density at radius 2 is 1.90 bits per heavy atom. The van der Waals surface area contributed by atoms with Gasteiger partial charge in [-0.2, -0.15) is 0 Å². The first-order valence-corrected chi connectivity index (χ1v) is 7.54. The first-order valence-electron chi connectivity index (χ1n) is 7.54. The highest BCUT2D eigenvalue weighted by molar-refractivity contribution is 5.82. The van der Waals surface area contributed by atoms with Gasteiger partial charge in [-0.3, -0.25) is 9.69 Å². The van der Waals surface area contributed by atoms with Crippen LogP contribution in [0.3, 0.4) is 0 Å². The van der Waals surface area contributed by atoms with E-state index in [0.717, 1.165) is 31.0 Å². The SMILES string of the molecule is COc1ccc(CCN2CCC(=O)C(C)C2C)cc1OC. The summed E-state index contributed by atoms with van der Waals surface area (Å²) in [6.45, 7) is 6.03. The average Bonchev–Trinajstić information content (AvgIpc) is 2.51. The molecule has 116 valence electrons. The maximum atomic E-state index is 11.7. The number of hydrogen-bond acceptors (Lipinski definition) is 4. The van der Waals surface area contributed by atoms with Crippen molar-refractivity contribution in [1.29, 1.82) is 0 Å². The van der Waals surface area contributed by atoms with E-state index in [-0.39, 0.29) is 5.92 Å². The fourth-order valence-electron chi connectivity index (χ4n) is 2.89. The number of rotatable bonds is 5. The molecule has 0 saturated carbocycles. The van der Waals surface area contributed by atoms with E-state index in [1.54, 1.807) is 14.2 Å². The molecule has 0 N–H and O–H groups in total. The van der Waals surface area contributed by atoms with Gasteiger partial charge in [0.2, 0.25) is 0 Å². The van der Waals surface area contributed by atoms with E-state index in [9.17, 15) is 4.79 Å². The average molecular weight is 291 g/mol. The number of nitrogens with zero attached hydrogens (tertiary/aromatic N) is 1. The van der Waals surface area contributed by atoms with Gasteiger partial charge in [0.05, 0.1) is 14.2 Å². The van der Waals surface area contributed by atoms with E-state index < -0.39 is 0 Å². The molecule has 2 unspecified atom stereocenters. The summed E-state index contributed by atoms with van der Waals surface area (Å²) in [5.74, 6) is 2.06. The minimum absolute atomic E-state index is 0.143. The van der Waals surface area contributed by atoms with Crippen molar-refractivity contribution in [2.45, 2.75) is 32.7 Å². The maximum absolute atomic E-state index is 11.7. The van der Waals surface area contributed by atoms with Crippen LogP contribution >= 0.6 is 0 Å². The topological polar surface area (TPSA) is 38.8 Å². The van der Waals surface area contributed by atoms with Crippen molar-refractivity contribution in [3.05, 3.63) is 23.8 Å². The Balaban J connectivity index is 1.98. The molecule has 2 rings (SSSR count). The van der Waals surface area contributed by atoms with Crippen LogP contribution in [0.5, 0.6) is 11.5 Å². The number of likely N-dealkylation sites (tertiary alicyclic amines) is 1. The van der Waals surface area contributed by atoms with E-state index in [1.807, 2.05) is 19.1 Å². The minimum atomic E-state index is 0.143. The zero-order chi connectivity index (χ0) is 15.4. The molecule has 0 aliphatic carbocycles. The van der Waals surface area contributed by atoms with E-state index in [4.69, 9.17) is 9.47 Å². The molecule has 21 heavy (non-hydrogen) atoms. The zero-order valence-corrected chi connectivity index (χ0v) is 13.4. The van der Waals surface area contributed by atoms with Crippen LogP contribution in [0.2, 0.25) is 0 Å². The Hall–Kier alpha value is -1.55. The Labute approximate surface area is 127 Å². The van der Waals surface area contributed by atoms with Gasteiger partial charge >= 0.3 is 0 Å². The van der Waals surface area contributed by atoms with Gasteiger partial charge in [-0.15, -0.1) is 0 Å². The molecule has 4 nitrogen and oxygen atoms in total. The summed E-state index contributed by atoms with van der Waals surface area (Å²) < 4.78 is 10.6. The number of Topliss-reactive ketones (excluding diaryl/α,β-unsaturated/α-hetero) is 1. The van der Waals surface area contributed by atoms with Crippen molar-refractivity contribution in [3.8, 4) is 11.5 Å². The smallest absolute Gasteiger partial charge is 0.160 e. The van der Waals surface area contributed by atoms with Gasteiger partial charge in [-0.05, 0) is 31.0 Å². The van der Waals surface area contributed by atoms with E-state index >= 15 is 0 Å². The predicted octanol–water partition coefficient (Wildman–Crippen LogP) is 2.55. The molecule has 0 amide bonds. The van der Waals surface area contributed by atoms with Crippen molar-refractivity contribution < 1.29 is 14.3 Å². The Bertz CT molecular complexity index is 501. The Kier molecular flexibility index (Phi) is 5.23. The molecular formula is C17H25NO3. The summed E-state index contributed by atoms with van der Waals surface area (Å²) >= 11 is 0. The fraction of sp³-hybridized carbons (Fsp3) is 0.588. The Morgan fingerprint density at radius 3 is 2.57 bits per heavy atom. The summed E-state index contributed by atoms with van der Waals surface area (Å²) in [6, 6.07) is 6.37. The molecule has 1 aromatic carbocycles. The van der Waals surface area contributed by atoms with E-state index in [0.29, 0.717) is 18.2 Å². The first-order chi connectivity index (χ1) is 10.1. The number of ether oxygens (including phenoxy) is 2. The summed E-state index contributed by atoms with van der Waals surface area (Å²) in [5.41, 5.74) is 1.23. The lowest BCUT2D eigenvalue weighted by Gasteiger charge is -2.37. The number of carbonyl (C=O) groups excluding carboxylic acids is 1. The predicted molar refractivity (Wildman–Crippen MR) is 83.1 cm³/mol. The molecule has 1 aliphatic rings. The van der Waals surface area contributed by atoms with Gasteiger partial charge in [0.25, 0.3) is 0 Å². The molecule has 1 aliphatic heterocycles. The largest absolute Gasteiger partial charge is 0.493 e. The van der Waals surface area contributed by atoms with Crippen LogP contribution in [0.25, 0.3) is 0 Å². The fourth-order valence-corrected chi connectivity index (χ4v) is 2.89. The third kappa shape index (κ3) is 3.56. The van der Waals surface area contributed by atoms with Crippen molar-refractivity contribution >= 4 is 5.78 Å². The van der Waals surface area contributed by atoms with Crippen LogP contribution in [-0.4, -0.2) is 44.0 Å². The minimum Gasteiger partial charge on any atom is -0.493 e. The zero-order valence-electron chi connectivity index (χ0n) is 13.4. The quantitative estimate of drug-likeness (QED) is 0.835. The third-order valence-electron chi connectivity index (χ3n) is 4.59. The normalized spacial score (nSPS) is 23.1. The highest BCUT2D eigenvalue weighted by Gasteiger charge is 2.30. The van der Waals surface area contributed by atoms with Gasteiger partial charge in [-0.1, -0.05) is 13.0 Å². The van der Waals surface area contributed by atoms with Crippen molar-refractivity contribution in [1.82, 2.24) is 4.90 Å². The molecular weight excluding hydrogens is 266 g/mol. The lowest BCUT2D eigenvalue weighted by molar-refractivity contribution is -0.127. The van der Waals surface area contributed by atoms with Crippen LogP contribution in [0.1, 0.15) is 25.8 Å². The van der Waals surface area contributed by atoms with Crippen LogP contribution < -0.4 is 9.47 Å². The van der Waals surface area contributed by atoms with Crippen LogP contribution in [0.15, 0.2) is 18.2 Å². The lowest BCUT2D eigenvalue weighted by Crippen LogP contribution is -2.47. The van der Waals surface area contributed by atoms with Gasteiger partial charge in [0.1, 0.15) is 5.78 Å². The maximum Gasteiger partial charge on any atom is 0.160 e. The monoisotopic (exact) mass is 291 g/mol. The molecule has 0 bridgehead atoms. The first kappa shape index (κ1) is 15.8. The highest BCUT2D eigenvalue weighted by Crippen LogP contribution is 2.28.